The van der Waals surface area contributed by atoms with Gasteiger partial charge in [0.15, 0.2) is 5.76 Å². The molecule has 0 saturated heterocycles. The smallest absolute Gasteiger partial charge is 0.301 e. The topological polar surface area (TPSA) is 68.3 Å². The van der Waals surface area contributed by atoms with Crippen molar-refractivity contribution >= 4 is 17.7 Å². The lowest BCUT2D eigenvalue weighted by Crippen LogP contribution is -2.30. The molecule has 1 atom stereocenters. The molecule has 0 radical (unpaired) electrons. The minimum Gasteiger partial charge on any atom is -0.459 e. The molecule has 0 aromatic carbocycles. The molecule has 0 aliphatic rings. The molecule has 0 saturated carbocycles. The Morgan fingerprint density at radius 1 is 1.73 bits per heavy atom. The second-order valence-corrected chi connectivity index (χ2v) is 4.71. The predicted molar refractivity (Wildman–Crippen MR) is 61.4 cm³/mol. The van der Waals surface area contributed by atoms with E-state index in [4.69, 9.17) is 10.3 Å². The predicted octanol–water partition coefficient (Wildman–Crippen LogP) is 1.91. The summed E-state index contributed by atoms with van der Waals surface area (Å²) in [6, 6.07) is 1.81. The molecule has 5 heteroatoms. The molecule has 4 nitrogen and oxygen atoms in total. The van der Waals surface area contributed by atoms with Crippen LogP contribution in [0.15, 0.2) is 16.7 Å². The second-order valence-electron chi connectivity index (χ2n) is 3.28. The van der Waals surface area contributed by atoms with E-state index in [-0.39, 0.29) is 5.91 Å². The van der Waals surface area contributed by atoms with Crippen molar-refractivity contribution in [3.63, 3.8) is 0 Å². The van der Waals surface area contributed by atoms with E-state index in [9.17, 15) is 4.79 Å². The van der Waals surface area contributed by atoms with Crippen LogP contribution in [0.25, 0.3) is 0 Å². The number of amides is 1. The van der Waals surface area contributed by atoms with Crippen molar-refractivity contribution in [3.8, 4) is 0 Å². The Kier molecular flexibility index (Phi) is 4.71. The maximum absolute atomic E-state index is 11.3. The lowest BCUT2D eigenvalue weighted by atomic mass is 10.3. The van der Waals surface area contributed by atoms with Gasteiger partial charge in [-0.05, 0) is 12.5 Å². The minimum absolute atomic E-state index is 0.313. The summed E-state index contributed by atoms with van der Waals surface area (Å²) in [6.45, 7) is 4.30. The first-order valence-corrected chi connectivity index (χ1v) is 5.92. The summed E-state index contributed by atoms with van der Waals surface area (Å²) in [7, 11) is 0. The van der Waals surface area contributed by atoms with Gasteiger partial charge in [0.05, 0.1) is 6.26 Å². The van der Waals surface area contributed by atoms with Crippen molar-refractivity contribution < 1.29 is 9.21 Å². The Labute approximate surface area is 93.6 Å². The summed E-state index contributed by atoms with van der Waals surface area (Å²) in [4.78, 5) is 11.3. The van der Waals surface area contributed by atoms with Crippen molar-refractivity contribution in [2.24, 2.45) is 5.84 Å². The number of furan rings is 1. The molecule has 1 rings (SSSR count). The van der Waals surface area contributed by atoms with E-state index in [2.05, 4.69) is 19.3 Å². The maximum Gasteiger partial charge on any atom is 0.301 e. The van der Waals surface area contributed by atoms with Crippen molar-refractivity contribution in [2.45, 2.75) is 31.3 Å². The van der Waals surface area contributed by atoms with Crippen LogP contribution in [0.3, 0.4) is 0 Å². The number of nitrogens with one attached hydrogen (secondary N) is 1. The highest BCUT2D eigenvalue weighted by molar-refractivity contribution is 7.99. The van der Waals surface area contributed by atoms with E-state index < -0.39 is 0 Å². The van der Waals surface area contributed by atoms with Gasteiger partial charge in [0.25, 0.3) is 0 Å². The third kappa shape index (κ3) is 3.28. The van der Waals surface area contributed by atoms with Gasteiger partial charge in [0.2, 0.25) is 0 Å². The number of carbonyl (C=O) groups excluding carboxylic acids is 1. The van der Waals surface area contributed by atoms with Gasteiger partial charge in [-0.1, -0.05) is 13.8 Å². The molecule has 0 aliphatic carbocycles. The number of carbonyl (C=O) groups is 1. The van der Waals surface area contributed by atoms with Crippen LogP contribution in [0.1, 0.15) is 36.4 Å². The molecule has 0 bridgehead atoms. The summed E-state index contributed by atoms with van der Waals surface area (Å²) >= 11 is 1.80. The molecule has 1 heterocycles. The Hall–Kier alpha value is -0.940. The zero-order valence-electron chi connectivity index (χ0n) is 8.95. The Morgan fingerprint density at radius 2 is 2.47 bits per heavy atom. The van der Waals surface area contributed by atoms with Gasteiger partial charge in [0.1, 0.15) is 0 Å². The summed E-state index contributed by atoms with van der Waals surface area (Å²) in [5, 5.41) is 0.577. The van der Waals surface area contributed by atoms with E-state index >= 15 is 0 Å². The average molecular weight is 228 g/mol. The van der Waals surface area contributed by atoms with E-state index in [1.807, 2.05) is 0 Å². The van der Waals surface area contributed by atoms with Gasteiger partial charge in [0, 0.05) is 16.6 Å². The summed E-state index contributed by atoms with van der Waals surface area (Å²) in [5.74, 6) is 5.76. The molecule has 1 aromatic rings. The van der Waals surface area contributed by atoms with Crippen LogP contribution in [-0.4, -0.2) is 11.2 Å². The molecule has 84 valence electrons. The fourth-order valence-electron chi connectivity index (χ4n) is 1.06. The highest BCUT2D eigenvalue weighted by Gasteiger charge is 2.14. The third-order valence-corrected chi connectivity index (χ3v) is 3.56. The lowest BCUT2D eigenvalue weighted by molar-refractivity contribution is 0.0925. The lowest BCUT2D eigenvalue weighted by Gasteiger charge is -2.07. The van der Waals surface area contributed by atoms with Gasteiger partial charge in [-0.25, -0.2) is 5.84 Å². The van der Waals surface area contributed by atoms with Crippen molar-refractivity contribution in [2.75, 3.05) is 0 Å². The molecule has 0 spiro atoms. The molecule has 1 amide bonds. The summed E-state index contributed by atoms with van der Waals surface area (Å²) in [5.41, 5.74) is 2.96. The molecule has 0 fully saturated rings. The van der Waals surface area contributed by atoms with Crippen LogP contribution < -0.4 is 11.3 Å². The van der Waals surface area contributed by atoms with E-state index in [0.29, 0.717) is 11.0 Å². The van der Waals surface area contributed by atoms with Gasteiger partial charge >= 0.3 is 5.91 Å². The zero-order chi connectivity index (χ0) is 11.3. The molecular formula is C10H16N2O2S. The number of hydrogen-bond acceptors (Lipinski definition) is 4. The monoisotopic (exact) mass is 228 g/mol. The summed E-state index contributed by atoms with van der Waals surface area (Å²) in [6.07, 6.45) is 2.62. The minimum atomic E-state index is -0.375. The normalized spacial score (nSPS) is 12.5. The van der Waals surface area contributed by atoms with Crippen LogP contribution in [0.5, 0.6) is 0 Å². The first-order valence-electron chi connectivity index (χ1n) is 4.88. The first kappa shape index (κ1) is 12.1. The largest absolute Gasteiger partial charge is 0.459 e. The average Bonchev–Trinajstić information content (AvgIpc) is 2.72. The van der Waals surface area contributed by atoms with E-state index in [1.54, 1.807) is 17.8 Å². The molecule has 0 aliphatic heterocycles. The van der Waals surface area contributed by atoms with Crippen molar-refractivity contribution in [1.82, 2.24) is 5.43 Å². The van der Waals surface area contributed by atoms with Gasteiger partial charge in [-0.15, -0.1) is 0 Å². The van der Waals surface area contributed by atoms with Crippen molar-refractivity contribution in [3.05, 3.63) is 23.7 Å². The van der Waals surface area contributed by atoms with Crippen LogP contribution in [0, 0.1) is 0 Å². The van der Waals surface area contributed by atoms with Crippen LogP contribution >= 0.6 is 11.8 Å². The highest BCUT2D eigenvalue weighted by Crippen LogP contribution is 2.22. The maximum atomic E-state index is 11.3. The molecule has 3 N–H and O–H groups in total. The SMILES string of the molecule is CCC(C)SCc1ccoc1C(=O)NN. The molecule has 15 heavy (non-hydrogen) atoms. The fraction of sp³-hybridized carbons (Fsp3) is 0.500. The van der Waals surface area contributed by atoms with E-state index in [1.165, 1.54) is 6.26 Å². The number of rotatable bonds is 5. The quantitative estimate of drug-likeness (QED) is 0.459. The Morgan fingerprint density at radius 3 is 3.07 bits per heavy atom. The number of nitrogens with two attached hydrogens (primary N) is 1. The number of hydrazine groups is 1. The first-order chi connectivity index (χ1) is 7.19. The second kappa shape index (κ2) is 5.82. The van der Waals surface area contributed by atoms with Crippen molar-refractivity contribution in [1.29, 1.82) is 0 Å². The molecular weight excluding hydrogens is 212 g/mol. The van der Waals surface area contributed by atoms with Gasteiger partial charge < -0.3 is 4.42 Å². The van der Waals surface area contributed by atoms with Gasteiger partial charge in [-0.2, -0.15) is 11.8 Å². The summed E-state index contributed by atoms with van der Waals surface area (Å²) < 4.78 is 5.08. The Balaban J connectivity index is 2.61. The third-order valence-electron chi connectivity index (χ3n) is 2.18. The van der Waals surface area contributed by atoms with Crippen LogP contribution in [0.2, 0.25) is 0 Å². The van der Waals surface area contributed by atoms with Crippen LogP contribution in [0.4, 0.5) is 0 Å². The molecule has 1 unspecified atom stereocenters. The highest BCUT2D eigenvalue weighted by atomic mass is 32.2. The molecule has 1 aromatic heterocycles. The number of thioether (sulfide) groups is 1. The zero-order valence-corrected chi connectivity index (χ0v) is 9.76. The standard InChI is InChI=1S/C10H16N2O2S/c1-3-7(2)15-6-8-4-5-14-9(8)10(13)12-11/h4-5,7H,3,6,11H2,1-2H3,(H,12,13). The van der Waals surface area contributed by atoms with Gasteiger partial charge in [-0.3, -0.25) is 10.2 Å². The van der Waals surface area contributed by atoms with Crippen LogP contribution in [-0.2, 0) is 5.75 Å². The number of hydrogen-bond donors (Lipinski definition) is 2. The fourth-order valence-corrected chi connectivity index (χ4v) is 1.99. The number of nitrogen functional groups attached to an aromatic ring is 1. The van der Waals surface area contributed by atoms with E-state index in [0.717, 1.165) is 17.7 Å². The Bertz CT molecular complexity index is 325.